The summed E-state index contributed by atoms with van der Waals surface area (Å²) in [5, 5.41) is 20.2. The Morgan fingerprint density at radius 2 is 2.38 bits per heavy atom. The minimum absolute atomic E-state index is 0.0303. The number of aromatic nitrogens is 2. The van der Waals surface area contributed by atoms with E-state index in [2.05, 4.69) is 15.5 Å². The van der Waals surface area contributed by atoms with E-state index in [9.17, 15) is 0 Å². The van der Waals surface area contributed by atoms with Gasteiger partial charge >= 0.3 is 0 Å². The molecule has 86 valence electrons. The standard InChI is InChI=1S/C11H16N4O/c1-2-8(6-16)14-11-4-10-7(3-9(11)12)5-13-15-10/h3-5,8,14,16H,2,6,12H2,1H3,(H,13,15). The van der Waals surface area contributed by atoms with Crippen molar-refractivity contribution >= 4 is 22.3 Å². The van der Waals surface area contributed by atoms with Gasteiger partial charge in [-0.2, -0.15) is 5.10 Å². The number of anilines is 2. The Bertz CT molecular complexity index is 476. The molecule has 0 saturated carbocycles. The SMILES string of the molecule is CCC(CO)Nc1cc2[nH]ncc2cc1N. The van der Waals surface area contributed by atoms with E-state index in [1.165, 1.54) is 0 Å². The highest BCUT2D eigenvalue weighted by atomic mass is 16.3. The molecule has 0 aliphatic carbocycles. The summed E-state index contributed by atoms with van der Waals surface area (Å²) >= 11 is 0. The van der Waals surface area contributed by atoms with Gasteiger partial charge in [-0.3, -0.25) is 5.10 Å². The minimum Gasteiger partial charge on any atom is -0.397 e. The summed E-state index contributed by atoms with van der Waals surface area (Å²) in [6.07, 6.45) is 2.58. The van der Waals surface area contributed by atoms with Crippen LogP contribution < -0.4 is 11.1 Å². The maximum absolute atomic E-state index is 9.13. The molecule has 16 heavy (non-hydrogen) atoms. The normalized spacial score (nSPS) is 12.9. The fourth-order valence-electron chi connectivity index (χ4n) is 1.63. The van der Waals surface area contributed by atoms with Crippen LogP contribution in [-0.2, 0) is 0 Å². The van der Waals surface area contributed by atoms with Crippen LogP contribution in [0.25, 0.3) is 10.9 Å². The molecular formula is C11H16N4O. The fourth-order valence-corrected chi connectivity index (χ4v) is 1.63. The lowest BCUT2D eigenvalue weighted by Gasteiger charge is -2.17. The molecule has 0 aliphatic rings. The van der Waals surface area contributed by atoms with Crippen LogP contribution in [0.15, 0.2) is 18.3 Å². The predicted octanol–water partition coefficient (Wildman–Crippen LogP) is 1.33. The number of nitrogens with zero attached hydrogens (tertiary/aromatic N) is 1. The number of benzene rings is 1. The Morgan fingerprint density at radius 3 is 3.06 bits per heavy atom. The predicted molar refractivity (Wildman–Crippen MR) is 65.3 cm³/mol. The summed E-state index contributed by atoms with van der Waals surface area (Å²) in [5.74, 6) is 0. The third-order valence-electron chi connectivity index (χ3n) is 2.68. The molecule has 1 aromatic heterocycles. The van der Waals surface area contributed by atoms with Gasteiger partial charge in [0.1, 0.15) is 0 Å². The quantitative estimate of drug-likeness (QED) is 0.585. The van der Waals surface area contributed by atoms with Crippen molar-refractivity contribution in [2.24, 2.45) is 0 Å². The molecule has 0 fully saturated rings. The number of aliphatic hydroxyl groups excluding tert-OH is 1. The number of fused-ring (bicyclic) bond motifs is 1. The molecule has 2 rings (SSSR count). The molecule has 5 heteroatoms. The van der Waals surface area contributed by atoms with Gasteiger partial charge in [0.2, 0.25) is 0 Å². The van der Waals surface area contributed by atoms with Crippen LogP contribution >= 0.6 is 0 Å². The van der Waals surface area contributed by atoms with E-state index in [0.717, 1.165) is 23.0 Å². The lowest BCUT2D eigenvalue weighted by atomic mass is 10.1. The molecule has 1 aromatic carbocycles. The smallest absolute Gasteiger partial charge is 0.0672 e. The highest BCUT2D eigenvalue weighted by molar-refractivity contribution is 5.88. The van der Waals surface area contributed by atoms with Crippen molar-refractivity contribution < 1.29 is 5.11 Å². The summed E-state index contributed by atoms with van der Waals surface area (Å²) in [6.45, 7) is 2.11. The molecule has 5 nitrogen and oxygen atoms in total. The maximum Gasteiger partial charge on any atom is 0.0672 e. The topological polar surface area (TPSA) is 87.0 Å². The van der Waals surface area contributed by atoms with E-state index in [1.54, 1.807) is 6.20 Å². The van der Waals surface area contributed by atoms with Crippen molar-refractivity contribution in [2.75, 3.05) is 17.7 Å². The average molecular weight is 220 g/mol. The van der Waals surface area contributed by atoms with Gasteiger partial charge in [-0.25, -0.2) is 0 Å². The van der Waals surface area contributed by atoms with E-state index in [4.69, 9.17) is 10.8 Å². The molecule has 5 N–H and O–H groups in total. The van der Waals surface area contributed by atoms with E-state index in [0.29, 0.717) is 5.69 Å². The number of nitrogen functional groups attached to an aromatic ring is 1. The number of rotatable bonds is 4. The summed E-state index contributed by atoms with van der Waals surface area (Å²) in [4.78, 5) is 0. The number of nitrogens with one attached hydrogen (secondary N) is 2. The van der Waals surface area contributed by atoms with Crippen molar-refractivity contribution in [3.8, 4) is 0 Å². The first-order valence-electron chi connectivity index (χ1n) is 5.34. The van der Waals surface area contributed by atoms with Crippen LogP contribution in [0, 0.1) is 0 Å². The maximum atomic E-state index is 9.13. The van der Waals surface area contributed by atoms with Crippen molar-refractivity contribution in [1.82, 2.24) is 10.2 Å². The Labute approximate surface area is 93.7 Å². The van der Waals surface area contributed by atoms with Gasteiger partial charge in [-0.05, 0) is 18.6 Å². The molecule has 1 unspecified atom stereocenters. The second-order valence-electron chi connectivity index (χ2n) is 3.83. The molecule has 0 bridgehead atoms. The summed E-state index contributed by atoms with van der Waals surface area (Å²) in [6, 6.07) is 3.81. The second kappa shape index (κ2) is 4.40. The number of H-pyrrole nitrogens is 1. The first-order chi connectivity index (χ1) is 7.74. The number of aromatic amines is 1. The van der Waals surface area contributed by atoms with Crippen LogP contribution in [0.3, 0.4) is 0 Å². The molecular weight excluding hydrogens is 204 g/mol. The van der Waals surface area contributed by atoms with E-state index >= 15 is 0 Å². The van der Waals surface area contributed by atoms with Crippen LogP contribution in [0.5, 0.6) is 0 Å². The largest absolute Gasteiger partial charge is 0.397 e. The zero-order chi connectivity index (χ0) is 11.5. The number of hydrogen-bond donors (Lipinski definition) is 4. The zero-order valence-electron chi connectivity index (χ0n) is 9.20. The molecule has 1 atom stereocenters. The first kappa shape index (κ1) is 10.8. The van der Waals surface area contributed by atoms with Gasteiger partial charge in [0.15, 0.2) is 0 Å². The Hall–Kier alpha value is -1.75. The van der Waals surface area contributed by atoms with Crippen LogP contribution in [-0.4, -0.2) is 28.0 Å². The lowest BCUT2D eigenvalue weighted by Crippen LogP contribution is -2.23. The van der Waals surface area contributed by atoms with Crippen molar-refractivity contribution in [1.29, 1.82) is 0 Å². The lowest BCUT2D eigenvalue weighted by molar-refractivity contribution is 0.272. The molecule has 1 heterocycles. The highest BCUT2D eigenvalue weighted by Crippen LogP contribution is 2.25. The summed E-state index contributed by atoms with van der Waals surface area (Å²) in [5.41, 5.74) is 8.35. The zero-order valence-corrected chi connectivity index (χ0v) is 9.20. The molecule has 2 aromatic rings. The summed E-state index contributed by atoms with van der Waals surface area (Å²) in [7, 11) is 0. The molecule has 0 amide bonds. The van der Waals surface area contributed by atoms with Crippen molar-refractivity contribution in [3.05, 3.63) is 18.3 Å². The average Bonchev–Trinajstić information content (AvgIpc) is 2.72. The Kier molecular flexibility index (Phi) is 2.96. The molecule has 0 radical (unpaired) electrons. The number of hydrogen-bond acceptors (Lipinski definition) is 4. The third kappa shape index (κ3) is 1.94. The van der Waals surface area contributed by atoms with E-state index in [1.807, 2.05) is 19.1 Å². The second-order valence-corrected chi connectivity index (χ2v) is 3.83. The Balaban J connectivity index is 2.32. The number of aliphatic hydroxyl groups is 1. The molecule has 0 saturated heterocycles. The van der Waals surface area contributed by atoms with E-state index in [-0.39, 0.29) is 12.6 Å². The monoisotopic (exact) mass is 220 g/mol. The van der Waals surface area contributed by atoms with Gasteiger partial charge in [-0.1, -0.05) is 6.92 Å². The van der Waals surface area contributed by atoms with Gasteiger partial charge in [0.05, 0.1) is 29.7 Å². The third-order valence-corrected chi connectivity index (χ3v) is 2.68. The molecule has 0 aliphatic heterocycles. The highest BCUT2D eigenvalue weighted by Gasteiger charge is 2.08. The van der Waals surface area contributed by atoms with Crippen LogP contribution in [0.1, 0.15) is 13.3 Å². The van der Waals surface area contributed by atoms with Gasteiger partial charge in [0, 0.05) is 11.4 Å². The first-order valence-corrected chi connectivity index (χ1v) is 5.34. The van der Waals surface area contributed by atoms with Gasteiger partial charge < -0.3 is 16.2 Å². The Morgan fingerprint density at radius 1 is 1.56 bits per heavy atom. The van der Waals surface area contributed by atoms with Crippen LogP contribution in [0.4, 0.5) is 11.4 Å². The summed E-state index contributed by atoms with van der Waals surface area (Å²) < 4.78 is 0. The van der Waals surface area contributed by atoms with Crippen molar-refractivity contribution in [2.45, 2.75) is 19.4 Å². The van der Waals surface area contributed by atoms with Gasteiger partial charge in [0.25, 0.3) is 0 Å². The minimum atomic E-state index is 0.0303. The van der Waals surface area contributed by atoms with Crippen LogP contribution in [0.2, 0.25) is 0 Å². The fraction of sp³-hybridized carbons (Fsp3) is 0.364. The van der Waals surface area contributed by atoms with E-state index < -0.39 is 0 Å². The van der Waals surface area contributed by atoms with Crippen molar-refractivity contribution in [3.63, 3.8) is 0 Å². The number of nitrogens with two attached hydrogens (primary N) is 1. The van der Waals surface area contributed by atoms with Gasteiger partial charge in [-0.15, -0.1) is 0 Å². The molecule has 0 spiro atoms.